The Kier molecular flexibility index (Phi) is 4.73. The van der Waals surface area contributed by atoms with Crippen molar-refractivity contribution in [3.63, 3.8) is 0 Å². The van der Waals surface area contributed by atoms with Gasteiger partial charge in [-0.15, -0.1) is 0 Å². The summed E-state index contributed by atoms with van der Waals surface area (Å²) in [7, 11) is 0. The first-order chi connectivity index (χ1) is 11.7. The van der Waals surface area contributed by atoms with Crippen LogP contribution in [0.25, 0.3) is 10.9 Å². The lowest BCUT2D eigenvalue weighted by molar-refractivity contribution is 0.0955. The van der Waals surface area contributed by atoms with E-state index in [9.17, 15) is 4.79 Å². The predicted molar refractivity (Wildman–Crippen MR) is 96.8 cm³/mol. The quantitative estimate of drug-likeness (QED) is 0.553. The zero-order valence-corrected chi connectivity index (χ0v) is 14.2. The van der Waals surface area contributed by atoms with Crippen LogP contribution in [0.15, 0.2) is 64.3 Å². The molecule has 24 heavy (non-hydrogen) atoms. The first-order valence-corrected chi connectivity index (χ1v) is 8.02. The third-order valence-corrected chi connectivity index (χ3v) is 4.01. The van der Waals surface area contributed by atoms with Crippen LogP contribution in [0, 0.1) is 11.3 Å². The number of nitriles is 1. The average Bonchev–Trinajstić information content (AvgIpc) is 2.93. The molecular weight excluding hydrogens is 368 g/mol. The van der Waals surface area contributed by atoms with Gasteiger partial charge in [0, 0.05) is 32.7 Å². The van der Waals surface area contributed by atoms with E-state index in [1.165, 1.54) is 0 Å². The van der Waals surface area contributed by atoms with Crippen molar-refractivity contribution in [3.8, 4) is 6.07 Å². The maximum atomic E-state index is 12.1. The predicted octanol–water partition coefficient (Wildman–Crippen LogP) is 3.69. The van der Waals surface area contributed by atoms with Gasteiger partial charge in [-0.2, -0.15) is 10.4 Å². The summed E-state index contributed by atoms with van der Waals surface area (Å²) in [4.78, 5) is 12.1. The SMILES string of the molecule is N#CCn1cc(/C=N\NC(=O)c2cccc(Br)c2)c2ccccc21. The molecule has 3 rings (SSSR count). The van der Waals surface area contributed by atoms with E-state index in [4.69, 9.17) is 5.26 Å². The Morgan fingerprint density at radius 3 is 2.92 bits per heavy atom. The van der Waals surface area contributed by atoms with Gasteiger partial charge in [0.2, 0.25) is 0 Å². The Morgan fingerprint density at radius 1 is 1.29 bits per heavy atom. The number of halogens is 1. The lowest BCUT2D eigenvalue weighted by Crippen LogP contribution is -2.17. The molecule has 0 radical (unpaired) electrons. The molecule has 1 N–H and O–H groups in total. The number of para-hydroxylation sites is 1. The van der Waals surface area contributed by atoms with E-state index in [1.807, 2.05) is 41.1 Å². The molecule has 0 saturated heterocycles. The molecule has 0 fully saturated rings. The highest BCUT2D eigenvalue weighted by molar-refractivity contribution is 9.10. The molecule has 0 aliphatic heterocycles. The summed E-state index contributed by atoms with van der Waals surface area (Å²) >= 11 is 3.33. The van der Waals surface area contributed by atoms with Gasteiger partial charge in [-0.25, -0.2) is 5.43 Å². The highest BCUT2D eigenvalue weighted by Crippen LogP contribution is 2.19. The molecule has 1 amide bonds. The summed E-state index contributed by atoms with van der Waals surface area (Å²) in [6, 6.07) is 17.0. The van der Waals surface area contributed by atoms with Crippen LogP contribution in [0.2, 0.25) is 0 Å². The van der Waals surface area contributed by atoms with Crippen molar-refractivity contribution in [2.75, 3.05) is 0 Å². The van der Waals surface area contributed by atoms with E-state index in [-0.39, 0.29) is 12.5 Å². The maximum absolute atomic E-state index is 12.1. The summed E-state index contributed by atoms with van der Waals surface area (Å²) in [5.74, 6) is -0.284. The second kappa shape index (κ2) is 7.11. The fourth-order valence-corrected chi connectivity index (χ4v) is 2.84. The fourth-order valence-electron chi connectivity index (χ4n) is 2.44. The van der Waals surface area contributed by atoms with Crippen molar-refractivity contribution in [3.05, 3.63) is 70.3 Å². The average molecular weight is 381 g/mol. The molecule has 2 aromatic carbocycles. The smallest absolute Gasteiger partial charge is 0.271 e. The first-order valence-electron chi connectivity index (χ1n) is 7.23. The van der Waals surface area contributed by atoms with Gasteiger partial charge < -0.3 is 4.57 Å². The molecule has 1 heterocycles. The van der Waals surface area contributed by atoms with Crippen LogP contribution in [0.5, 0.6) is 0 Å². The molecule has 0 saturated carbocycles. The Morgan fingerprint density at radius 2 is 2.12 bits per heavy atom. The van der Waals surface area contributed by atoms with Gasteiger partial charge in [-0.1, -0.05) is 40.2 Å². The molecule has 0 bridgehead atoms. The minimum Gasteiger partial charge on any atom is -0.333 e. The highest BCUT2D eigenvalue weighted by atomic mass is 79.9. The van der Waals surface area contributed by atoms with Gasteiger partial charge in [0.1, 0.15) is 6.54 Å². The molecule has 6 heteroatoms. The molecule has 0 unspecified atom stereocenters. The number of hydrogen-bond acceptors (Lipinski definition) is 3. The third kappa shape index (κ3) is 3.36. The highest BCUT2D eigenvalue weighted by Gasteiger charge is 2.07. The number of carbonyl (C=O) groups excluding carboxylic acids is 1. The fraction of sp³-hybridized carbons (Fsp3) is 0.0556. The third-order valence-electron chi connectivity index (χ3n) is 3.52. The second-order valence-electron chi connectivity index (χ2n) is 5.10. The maximum Gasteiger partial charge on any atom is 0.271 e. The molecule has 118 valence electrons. The van der Waals surface area contributed by atoms with Gasteiger partial charge in [-0.05, 0) is 24.3 Å². The lowest BCUT2D eigenvalue weighted by Gasteiger charge is -1.99. The number of amides is 1. The topological polar surface area (TPSA) is 70.2 Å². The van der Waals surface area contributed by atoms with Crippen molar-refractivity contribution in [1.82, 2.24) is 9.99 Å². The Bertz CT molecular complexity index is 969. The van der Waals surface area contributed by atoms with Crippen molar-refractivity contribution in [2.45, 2.75) is 6.54 Å². The molecule has 0 aliphatic rings. The van der Waals surface area contributed by atoms with E-state index in [2.05, 4.69) is 32.5 Å². The van der Waals surface area contributed by atoms with E-state index in [1.54, 1.807) is 24.4 Å². The number of nitrogens with zero attached hydrogens (tertiary/aromatic N) is 3. The molecular formula is C18H13BrN4O. The minimum absolute atomic E-state index is 0.263. The Labute approximate surface area is 147 Å². The minimum atomic E-state index is -0.284. The number of rotatable bonds is 4. The van der Waals surface area contributed by atoms with Gasteiger partial charge >= 0.3 is 0 Å². The zero-order chi connectivity index (χ0) is 16.9. The van der Waals surface area contributed by atoms with E-state index >= 15 is 0 Å². The summed E-state index contributed by atoms with van der Waals surface area (Å²) in [5.41, 5.74) is 4.84. The first kappa shape index (κ1) is 16.0. The number of nitrogens with one attached hydrogen (secondary N) is 1. The number of hydrazone groups is 1. The standard InChI is InChI=1S/C18H13BrN4O/c19-15-5-3-4-13(10-15)18(24)22-21-11-14-12-23(9-8-20)17-7-2-1-6-16(14)17/h1-7,10-12H,9H2,(H,22,24)/b21-11-. The molecule has 0 aliphatic carbocycles. The van der Waals surface area contributed by atoms with Crippen LogP contribution in [-0.2, 0) is 6.54 Å². The molecule has 5 nitrogen and oxygen atoms in total. The summed E-state index contributed by atoms with van der Waals surface area (Å²) < 4.78 is 2.69. The van der Waals surface area contributed by atoms with Crippen LogP contribution in [0.3, 0.4) is 0 Å². The van der Waals surface area contributed by atoms with Gasteiger partial charge in [0.15, 0.2) is 0 Å². The van der Waals surface area contributed by atoms with Crippen molar-refractivity contribution in [1.29, 1.82) is 5.26 Å². The van der Waals surface area contributed by atoms with E-state index in [0.717, 1.165) is 20.9 Å². The molecule has 3 aromatic rings. The normalized spacial score (nSPS) is 10.8. The zero-order valence-electron chi connectivity index (χ0n) is 12.6. The van der Waals surface area contributed by atoms with Crippen molar-refractivity contribution < 1.29 is 4.79 Å². The van der Waals surface area contributed by atoms with Crippen molar-refractivity contribution in [2.24, 2.45) is 5.10 Å². The number of aromatic nitrogens is 1. The van der Waals surface area contributed by atoms with E-state index < -0.39 is 0 Å². The lowest BCUT2D eigenvalue weighted by atomic mass is 10.2. The monoisotopic (exact) mass is 380 g/mol. The number of hydrogen-bond donors (Lipinski definition) is 1. The van der Waals surface area contributed by atoms with Crippen LogP contribution < -0.4 is 5.43 Å². The summed E-state index contributed by atoms with van der Waals surface area (Å²) in [6.45, 7) is 0.263. The van der Waals surface area contributed by atoms with Gasteiger partial charge in [0.25, 0.3) is 5.91 Å². The number of benzene rings is 2. The number of carbonyl (C=O) groups is 1. The van der Waals surface area contributed by atoms with Crippen molar-refractivity contribution >= 4 is 39.0 Å². The number of fused-ring (bicyclic) bond motifs is 1. The van der Waals surface area contributed by atoms with Gasteiger partial charge in [-0.3, -0.25) is 4.79 Å². The van der Waals surface area contributed by atoms with Crippen LogP contribution in [-0.4, -0.2) is 16.7 Å². The summed E-state index contributed by atoms with van der Waals surface area (Å²) in [5, 5.41) is 13.9. The van der Waals surface area contributed by atoms with Gasteiger partial charge in [0.05, 0.1) is 12.3 Å². The van der Waals surface area contributed by atoms with E-state index in [0.29, 0.717) is 5.56 Å². The van der Waals surface area contributed by atoms with Crippen LogP contribution >= 0.6 is 15.9 Å². The molecule has 1 aromatic heterocycles. The van der Waals surface area contributed by atoms with Crippen LogP contribution in [0.1, 0.15) is 15.9 Å². The van der Waals surface area contributed by atoms with Crippen LogP contribution in [0.4, 0.5) is 0 Å². The summed E-state index contributed by atoms with van der Waals surface area (Å²) in [6.07, 6.45) is 3.44. The molecule has 0 atom stereocenters. The second-order valence-corrected chi connectivity index (χ2v) is 6.01. The Hall–Kier alpha value is -2.91. The largest absolute Gasteiger partial charge is 0.333 e. The molecule has 0 spiro atoms. The Balaban J connectivity index is 1.81.